The third-order valence-electron chi connectivity index (χ3n) is 4.63. The van der Waals surface area contributed by atoms with Gasteiger partial charge in [-0.15, -0.1) is 0 Å². The van der Waals surface area contributed by atoms with Crippen molar-refractivity contribution in [2.45, 2.75) is 25.4 Å². The second-order valence-electron chi connectivity index (χ2n) is 6.45. The molecule has 5 nitrogen and oxygen atoms in total. The fourth-order valence-electron chi connectivity index (χ4n) is 3.35. The first kappa shape index (κ1) is 16.4. The quantitative estimate of drug-likeness (QED) is 0.772. The summed E-state index contributed by atoms with van der Waals surface area (Å²) < 4.78 is 7.92. The van der Waals surface area contributed by atoms with E-state index in [4.69, 9.17) is 4.74 Å². The highest BCUT2D eigenvalue weighted by molar-refractivity contribution is 5.78. The number of amides is 1. The zero-order chi connectivity index (χ0) is 17.8. The Kier molecular flexibility index (Phi) is 4.69. The van der Waals surface area contributed by atoms with Crippen LogP contribution >= 0.6 is 0 Å². The minimum absolute atomic E-state index is 0.0110. The number of imidazole rings is 1. The molecule has 0 spiro atoms. The molecule has 0 saturated carbocycles. The van der Waals surface area contributed by atoms with Gasteiger partial charge in [0, 0.05) is 37.0 Å². The highest BCUT2D eigenvalue weighted by Gasteiger charge is 2.20. The molecule has 1 aromatic heterocycles. The molecule has 1 atom stereocenters. The molecule has 5 heteroatoms. The summed E-state index contributed by atoms with van der Waals surface area (Å²) in [6, 6.07) is 18.0. The van der Waals surface area contributed by atoms with Crippen molar-refractivity contribution in [2.24, 2.45) is 0 Å². The minimum Gasteiger partial charge on any atom is -0.483 e. The molecule has 0 fully saturated rings. The van der Waals surface area contributed by atoms with Gasteiger partial charge in [-0.25, -0.2) is 4.98 Å². The van der Waals surface area contributed by atoms with Crippen molar-refractivity contribution in [1.29, 1.82) is 0 Å². The molecule has 0 radical (unpaired) electrons. The summed E-state index contributed by atoms with van der Waals surface area (Å²) in [5.41, 5.74) is 2.06. The molecule has 1 amide bonds. The molecule has 132 valence electrons. The molecule has 0 bridgehead atoms. The molecule has 0 aliphatic carbocycles. The van der Waals surface area contributed by atoms with E-state index in [2.05, 4.69) is 14.9 Å². The summed E-state index contributed by atoms with van der Waals surface area (Å²) in [7, 11) is 0. The highest BCUT2D eigenvalue weighted by Crippen LogP contribution is 2.29. The van der Waals surface area contributed by atoms with Crippen molar-refractivity contribution in [3.05, 3.63) is 72.8 Å². The monoisotopic (exact) mass is 347 g/mol. The van der Waals surface area contributed by atoms with Crippen LogP contribution in [0.2, 0.25) is 0 Å². The van der Waals surface area contributed by atoms with Crippen LogP contribution in [0.25, 0.3) is 11.1 Å². The maximum Gasteiger partial charge on any atom is 0.258 e. The Labute approximate surface area is 152 Å². The van der Waals surface area contributed by atoms with Crippen LogP contribution in [0.4, 0.5) is 0 Å². The molecule has 0 unspecified atom stereocenters. The van der Waals surface area contributed by atoms with Gasteiger partial charge in [-0.2, -0.15) is 0 Å². The first-order chi connectivity index (χ1) is 12.8. The van der Waals surface area contributed by atoms with Gasteiger partial charge in [0.1, 0.15) is 11.6 Å². The lowest BCUT2D eigenvalue weighted by Crippen LogP contribution is -2.42. The summed E-state index contributed by atoms with van der Waals surface area (Å²) >= 11 is 0. The van der Waals surface area contributed by atoms with Gasteiger partial charge >= 0.3 is 0 Å². The Morgan fingerprint density at radius 3 is 2.85 bits per heavy atom. The predicted molar refractivity (Wildman–Crippen MR) is 99.9 cm³/mol. The summed E-state index contributed by atoms with van der Waals surface area (Å²) in [6.45, 7) is 0.777. The van der Waals surface area contributed by atoms with Crippen LogP contribution in [0.5, 0.6) is 5.75 Å². The van der Waals surface area contributed by atoms with Crippen LogP contribution in [0, 0.1) is 0 Å². The summed E-state index contributed by atoms with van der Waals surface area (Å²) in [6.07, 6.45) is 5.56. The van der Waals surface area contributed by atoms with E-state index in [9.17, 15) is 4.79 Å². The number of nitrogens with one attached hydrogen (secondary N) is 1. The number of nitrogens with zero attached hydrogens (tertiary/aromatic N) is 2. The zero-order valence-corrected chi connectivity index (χ0v) is 14.5. The zero-order valence-electron chi connectivity index (χ0n) is 14.5. The van der Waals surface area contributed by atoms with E-state index in [1.54, 1.807) is 0 Å². The van der Waals surface area contributed by atoms with Gasteiger partial charge in [-0.05, 0) is 18.1 Å². The average molecular weight is 347 g/mol. The molecule has 3 aromatic rings. The van der Waals surface area contributed by atoms with Gasteiger partial charge in [0.25, 0.3) is 5.91 Å². The minimum atomic E-state index is -0.0959. The number of aryl methyl sites for hydroxylation is 1. The van der Waals surface area contributed by atoms with Crippen molar-refractivity contribution in [2.75, 3.05) is 6.61 Å². The number of aromatic nitrogens is 2. The number of rotatable bonds is 5. The Morgan fingerprint density at radius 2 is 1.96 bits per heavy atom. The second kappa shape index (κ2) is 7.44. The lowest BCUT2D eigenvalue weighted by molar-refractivity contribution is -0.124. The van der Waals surface area contributed by atoms with Crippen LogP contribution in [0.1, 0.15) is 12.2 Å². The summed E-state index contributed by atoms with van der Waals surface area (Å²) in [5.74, 6) is 1.71. The topological polar surface area (TPSA) is 56.1 Å². The number of carbonyl (C=O) groups excluding carboxylic acids is 1. The van der Waals surface area contributed by atoms with Gasteiger partial charge in [0.2, 0.25) is 0 Å². The molecule has 1 N–H and O–H groups in total. The van der Waals surface area contributed by atoms with Crippen LogP contribution in [-0.2, 0) is 17.8 Å². The average Bonchev–Trinajstić information content (AvgIpc) is 3.15. The van der Waals surface area contributed by atoms with Crippen LogP contribution in [0.15, 0.2) is 67.0 Å². The van der Waals surface area contributed by atoms with E-state index in [1.165, 1.54) is 0 Å². The van der Waals surface area contributed by atoms with Crippen molar-refractivity contribution < 1.29 is 9.53 Å². The SMILES string of the molecule is O=C(COc1ccccc1-c1ccccc1)N[C@H]1CCc2nccn2C1. The van der Waals surface area contributed by atoms with E-state index in [1.807, 2.05) is 67.0 Å². The van der Waals surface area contributed by atoms with Crippen LogP contribution in [-0.4, -0.2) is 28.1 Å². The Bertz CT molecular complexity index is 889. The van der Waals surface area contributed by atoms with Crippen molar-refractivity contribution >= 4 is 5.91 Å². The van der Waals surface area contributed by atoms with E-state index >= 15 is 0 Å². The molecule has 2 aromatic carbocycles. The Morgan fingerprint density at radius 1 is 1.15 bits per heavy atom. The first-order valence-corrected chi connectivity index (χ1v) is 8.86. The van der Waals surface area contributed by atoms with E-state index in [0.717, 1.165) is 42.1 Å². The standard InChI is InChI=1S/C21H21N3O2/c25-21(23-17-10-11-20-22-12-13-24(20)14-17)15-26-19-9-5-4-8-18(19)16-6-2-1-3-7-16/h1-9,12-13,17H,10-11,14-15H2,(H,23,25)/t17-/m0/s1. The van der Waals surface area contributed by atoms with Crippen molar-refractivity contribution in [1.82, 2.24) is 14.9 Å². The highest BCUT2D eigenvalue weighted by atomic mass is 16.5. The largest absolute Gasteiger partial charge is 0.483 e. The number of hydrogen-bond acceptors (Lipinski definition) is 3. The van der Waals surface area contributed by atoms with E-state index in [-0.39, 0.29) is 18.6 Å². The third kappa shape index (κ3) is 3.61. The van der Waals surface area contributed by atoms with Crippen molar-refractivity contribution in [3.63, 3.8) is 0 Å². The number of fused-ring (bicyclic) bond motifs is 1. The summed E-state index contributed by atoms with van der Waals surface area (Å²) in [4.78, 5) is 16.6. The lowest BCUT2D eigenvalue weighted by atomic mass is 10.1. The molecule has 26 heavy (non-hydrogen) atoms. The van der Waals surface area contributed by atoms with Gasteiger partial charge < -0.3 is 14.6 Å². The Hall–Kier alpha value is -3.08. The van der Waals surface area contributed by atoms with Crippen LogP contribution in [0.3, 0.4) is 0 Å². The smallest absolute Gasteiger partial charge is 0.258 e. The predicted octanol–water partition coefficient (Wildman–Crippen LogP) is 3.06. The number of para-hydroxylation sites is 1. The van der Waals surface area contributed by atoms with Gasteiger partial charge in [0.05, 0.1) is 0 Å². The molecule has 1 aliphatic rings. The van der Waals surface area contributed by atoms with Crippen molar-refractivity contribution in [3.8, 4) is 16.9 Å². The fraction of sp³-hybridized carbons (Fsp3) is 0.238. The third-order valence-corrected chi connectivity index (χ3v) is 4.63. The molecule has 2 heterocycles. The van der Waals surface area contributed by atoms with E-state index in [0.29, 0.717) is 0 Å². The van der Waals surface area contributed by atoms with Gasteiger partial charge in [-0.1, -0.05) is 48.5 Å². The number of carbonyl (C=O) groups is 1. The molecular weight excluding hydrogens is 326 g/mol. The second-order valence-corrected chi connectivity index (χ2v) is 6.45. The lowest BCUT2D eigenvalue weighted by Gasteiger charge is -2.24. The molecule has 1 aliphatic heterocycles. The van der Waals surface area contributed by atoms with Gasteiger partial charge in [0.15, 0.2) is 6.61 Å². The molecule has 0 saturated heterocycles. The van der Waals surface area contributed by atoms with Crippen LogP contribution < -0.4 is 10.1 Å². The molecular formula is C21H21N3O2. The molecule has 4 rings (SSSR count). The fourth-order valence-corrected chi connectivity index (χ4v) is 3.35. The first-order valence-electron chi connectivity index (χ1n) is 8.86. The van der Waals surface area contributed by atoms with E-state index < -0.39 is 0 Å². The maximum absolute atomic E-state index is 12.3. The maximum atomic E-state index is 12.3. The number of ether oxygens (including phenoxy) is 1. The number of benzene rings is 2. The number of hydrogen-bond donors (Lipinski definition) is 1. The summed E-state index contributed by atoms with van der Waals surface area (Å²) in [5, 5.41) is 3.07. The van der Waals surface area contributed by atoms with Gasteiger partial charge in [-0.3, -0.25) is 4.79 Å². The Balaban J connectivity index is 1.37. The normalized spacial score (nSPS) is 15.9.